The number of rotatable bonds is 7. The normalized spacial score (nSPS) is 31.6. The third-order valence-electron chi connectivity index (χ3n) is 7.36. The van der Waals surface area contributed by atoms with Gasteiger partial charge in [-0.15, -0.1) is 0 Å². The van der Waals surface area contributed by atoms with E-state index in [-0.39, 0.29) is 17.7 Å². The number of hydrogen-bond donors (Lipinski definition) is 2. The minimum absolute atomic E-state index is 0.0858. The summed E-state index contributed by atoms with van der Waals surface area (Å²) in [6.45, 7) is 4.81. The van der Waals surface area contributed by atoms with Crippen molar-refractivity contribution in [2.45, 2.75) is 65.2 Å². The van der Waals surface area contributed by atoms with Crippen molar-refractivity contribution in [3.8, 4) is 0 Å². The molecule has 0 aromatic heterocycles. The van der Waals surface area contributed by atoms with Gasteiger partial charge in [0.15, 0.2) is 0 Å². The summed E-state index contributed by atoms with van der Waals surface area (Å²) in [6.07, 6.45) is 8.30. The molecule has 0 heterocycles. The van der Waals surface area contributed by atoms with E-state index in [2.05, 4.69) is 23.5 Å². The lowest BCUT2D eigenvalue weighted by atomic mass is 9.49. The summed E-state index contributed by atoms with van der Waals surface area (Å²) in [5.74, 6) is 1.07. The molecular formula is C24H33NO3. The van der Waals surface area contributed by atoms with Crippen LogP contribution in [0.15, 0.2) is 18.2 Å². The maximum atomic E-state index is 13.0. The minimum atomic E-state index is -0.903. The Morgan fingerprint density at radius 3 is 2.07 bits per heavy atom. The number of aryl methyl sites for hydroxylation is 2. The quantitative estimate of drug-likeness (QED) is 0.739. The zero-order valence-electron chi connectivity index (χ0n) is 17.2. The highest BCUT2D eigenvalue weighted by Crippen LogP contribution is 2.59. The largest absolute Gasteiger partial charge is 0.481 e. The van der Waals surface area contributed by atoms with Crippen LogP contribution in [0.3, 0.4) is 0 Å². The molecule has 1 unspecified atom stereocenters. The van der Waals surface area contributed by atoms with E-state index in [0.717, 1.165) is 41.0 Å². The summed E-state index contributed by atoms with van der Waals surface area (Å²) in [7, 11) is 0. The molecule has 0 spiro atoms. The van der Waals surface area contributed by atoms with E-state index < -0.39 is 11.9 Å². The van der Waals surface area contributed by atoms with Crippen LogP contribution in [0, 0.1) is 42.9 Å². The van der Waals surface area contributed by atoms with Gasteiger partial charge in [-0.25, -0.2) is 0 Å². The van der Waals surface area contributed by atoms with E-state index in [9.17, 15) is 14.7 Å². The Morgan fingerprint density at radius 1 is 1.04 bits per heavy atom. The first-order chi connectivity index (χ1) is 13.3. The van der Waals surface area contributed by atoms with Gasteiger partial charge in [0.05, 0.1) is 12.3 Å². The van der Waals surface area contributed by atoms with Crippen molar-refractivity contribution in [1.82, 2.24) is 5.32 Å². The van der Waals surface area contributed by atoms with E-state index in [1.807, 2.05) is 13.8 Å². The number of benzene rings is 1. The molecular weight excluding hydrogens is 350 g/mol. The summed E-state index contributed by atoms with van der Waals surface area (Å²) in [6, 6.07) is 6.23. The van der Waals surface area contributed by atoms with E-state index in [1.54, 1.807) is 0 Å². The number of amides is 1. The summed E-state index contributed by atoms with van der Waals surface area (Å²) < 4.78 is 0. The lowest BCUT2D eigenvalue weighted by Crippen LogP contribution is -2.51. The summed E-state index contributed by atoms with van der Waals surface area (Å²) in [5, 5.41) is 12.5. The summed E-state index contributed by atoms with van der Waals surface area (Å²) in [4.78, 5) is 24.4. The van der Waals surface area contributed by atoms with E-state index in [1.165, 1.54) is 38.5 Å². The van der Waals surface area contributed by atoms with Crippen LogP contribution in [0.5, 0.6) is 0 Å². The van der Waals surface area contributed by atoms with Crippen LogP contribution < -0.4 is 5.32 Å². The Morgan fingerprint density at radius 2 is 1.57 bits per heavy atom. The highest BCUT2D eigenvalue weighted by molar-refractivity contribution is 5.83. The number of aliphatic carboxylic acids is 1. The van der Waals surface area contributed by atoms with Crippen molar-refractivity contribution in [2.24, 2.45) is 29.1 Å². The van der Waals surface area contributed by atoms with Crippen LogP contribution in [0.4, 0.5) is 0 Å². The van der Waals surface area contributed by atoms with Crippen molar-refractivity contribution in [3.05, 3.63) is 34.9 Å². The molecule has 4 bridgehead atoms. The van der Waals surface area contributed by atoms with Crippen LogP contribution in [0.1, 0.15) is 61.6 Å². The molecule has 4 heteroatoms. The number of carboxylic acids is 1. The van der Waals surface area contributed by atoms with Gasteiger partial charge in [-0.2, -0.15) is 0 Å². The number of carbonyl (C=O) groups excluding carboxylic acids is 1. The molecule has 1 aromatic carbocycles. The lowest BCUT2D eigenvalue weighted by Gasteiger charge is -2.57. The van der Waals surface area contributed by atoms with Crippen LogP contribution >= 0.6 is 0 Å². The molecule has 4 saturated carbocycles. The van der Waals surface area contributed by atoms with Crippen LogP contribution in [-0.4, -0.2) is 23.5 Å². The van der Waals surface area contributed by atoms with Crippen molar-refractivity contribution in [2.75, 3.05) is 6.54 Å². The first-order valence-electron chi connectivity index (χ1n) is 10.9. The first-order valence-corrected chi connectivity index (χ1v) is 10.9. The Kier molecular flexibility index (Phi) is 5.24. The second-order valence-electron chi connectivity index (χ2n) is 10.1. The van der Waals surface area contributed by atoms with Crippen LogP contribution in [0.2, 0.25) is 0 Å². The van der Waals surface area contributed by atoms with Gasteiger partial charge in [0, 0.05) is 6.54 Å². The fraction of sp³-hybridized carbons (Fsp3) is 0.667. The zero-order valence-corrected chi connectivity index (χ0v) is 17.2. The molecule has 0 aliphatic heterocycles. The molecule has 0 saturated heterocycles. The molecule has 0 radical (unpaired) electrons. The maximum absolute atomic E-state index is 13.0. The monoisotopic (exact) mass is 383 g/mol. The van der Waals surface area contributed by atoms with Crippen molar-refractivity contribution < 1.29 is 14.7 Å². The van der Waals surface area contributed by atoms with Crippen molar-refractivity contribution in [3.63, 3.8) is 0 Å². The van der Waals surface area contributed by atoms with E-state index >= 15 is 0 Å². The van der Waals surface area contributed by atoms with Gasteiger partial charge in [-0.1, -0.05) is 29.3 Å². The Hall–Kier alpha value is -1.84. The number of nitrogens with one attached hydrogen (secondary N) is 1. The molecule has 4 aliphatic carbocycles. The molecule has 1 aromatic rings. The second-order valence-corrected chi connectivity index (χ2v) is 10.1. The number of hydrogen-bond acceptors (Lipinski definition) is 2. The first kappa shape index (κ1) is 19.5. The third kappa shape index (κ3) is 4.26. The zero-order chi connectivity index (χ0) is 19.9. The molecule has 5 rings (SSSR count). The number of carbonyl (C=O) groups is 2. The van der Waals surface area contributed by atoms with Crippen molar-refractivity contribution in [1.29, 1.82) is 0 Å². The summed E-state index contributed by atoms with van der Waals surface area (Å²) >= 11 is 0. The van der Waals surface area contributed by atoms with Crippen LogP contribution in [0.25, 0.3) is 0 Å². The molecule has 4 nitrogen and oxygen atoms in total. The topological polar surface area (TPSA) is 66.4 Å². The van der Waals surface area contributed by atoms with Gasteiger partial charge in [0.1, 0.15) is 0 Å². The van der Waals surface area contributed by atoms with Gasteiger partial charge in [0.25, 0.3) is 0 Å². The van der Waals surface area contributed by atoms with E-state index in [4.69, 9.17) is 0 Å². The van der Waals surface area contributed by atoms with Gasteiger partial charge in [0.2, 0.25) is 5.91 Å². The Labute approximate surface area is 168 Å². The van der Waals surface area contributed by atoms with Gasteiger partial charge in [-0.3, -0.25) is 9.59 Å². The smallest absolute Gasteiger partial charge is 0.304 e. The summed E-state index contributed by atoms with van der Waals surface area (Å²) in [5.41, 5.74) is 3.63. The SMILES string of the molecule is Cc1cc(C)cc(CC(CC(=O)O)C(=O)NCC23CC4CC(CC(C4)C2)C3)c1. The van der Waals surface area contributed by atoms with E-state index in [0.29, 0.717) is 6.42 Å². The molecule has 28 heavy (non-hydrogen) atoms. The standard InChI is InChI=1S/C24H33NO3/c1-15-3-16(2)5-17(4-15)9-21(10-22(26)27)23(28)25-14-24-11-18-6-19(12-24)8-20(7-18)13-24/h3-5,18-21H,6-14H2,1-2H3,(H,25,28)(H,26,27). The van der Waals surface area contributed by atoms with Gasteiger partial charge < -0.3 is 10.4 Å². The van der Waals surface area contributed by atoms with Gasteiger partial charge >= 0.3 is 5.97 Å². The second kappa shape index (κ2) is 7.53. The molecule has 1 atom stereocenters. The molecule has 2 N–H and O–H groups in total. The highest BCUT2D eigenvalue weighted by atomic mass is 16.4. The average Bonchev–Trinajstić information content (AvgIpc) is 2.56. The number of carboxylic acid groups (broad SMARTS) is 1. The minimum Gasteiger partial charge on any atom is -0.481 e. The molecule has 4 fully saturated rings. The highest BCUT2D eigenvalue weighted by Gasteiger charge is 2.50. The predicted molar refractivity (Wildman–Crippen MR) is 109 cm³/mol. The molecule has 1 amide bonds. The maximum Gasteiger partial charge on any atom is 0.304 e. The Balaban J connectivity index is 1.42. The molecule has 4 aliphatic rings. The fourth-order valence-electron chi connectivity index (χ4n) is 6.87. The van der Waals surface area contributed by atoms with Crippen molar-refractivity contribution >= 4 is 11.9 Å². The Bertz CT molecular complexity index is 714. The molecule has 152 valence electrons. The predicted octanol–water partition coefficient (Wildman–Crippen LogP) is 4.27. The lowest BCUT2D eigenvalue weighted by molar-refractivity contribution is -0.141. The van der Waals surface area contributed by atoms with Gasteiger partial charge in [-0.05, 0) is 87.5 Å². The third-order valence-corrected chi connectivity index (χ3v) is 7.36. The fourth-order valence-corrected chi connectivity index (χ4v) is 6.87. The average molecular weight is 384 g/mol. The van der Waals surface area contributed by atoms with Crippen LogP contribution in [-0.2, 0) is 16.0 Å².